The lowest BCUT2D eigenvalue weighted by atomic mass is 9.85. The Morgan fingerprint density at radius 1 is 1.26 bits per heavy atom. The lowest BCUT2D eigenvalue weighted by molar-refractivity contribution is -0.144. The van der Waals surface area contributed by atoms with Crippen LogP contribution in [0.2, 0.25) is 0 Å². The van der Waals surface area contributed by atoms with Gasteiger partial charge in [0.2, 0.25) is 0 Å². The van der Waals surface area contributed by atoms with Crippen molar-refractivity contribution < 1.29 is 19.1 Å². The number of ether oxygens (including phenoxy) is 2. The third kappa shape index (κ3) is 2.74. The Balaban J connectivity index is 2.16. The maximum Gasteiger partial charge on any atom is 0.334 e. The molecule has 0 atom stereocenters. The molecule has 0 amide bonds. The average molecular weight is 313 g/mol. The highest BCUT2D eigenvalue weighted by Crippen LogP contribution is 2.38. The number of rotatable bonds is 4. The van der Waals surface area contributed by atoms with Crippen LogP contribution in [-0.4, -0.2) is 30.6 Å². The third-order valence-electron chi connectivity index (χ3n) is 4.19. The maximum absolute atomic E-state index is 12.4. The average Bonchev–Trinajstić information content (AvgIpc) is 2.98. The molecule has 5 heteroatoms. The molecule has 120 valence electrons. The Morgan fingerprint density at radius 3 is 2.83 bits per heavy atom. The van der Waals surface area contributed by atoms with E-state index in [1.165, 1.54) is 12.7 Å². The lowest BCUT2D eigenvalue weighted by Crippen LogP contribution is -2.16. The maximum atomic E-state index is 12.4. The van der Waals surface area contributed by atoms with E-state index in [-0.39, 0.29) is 13.0 Å². The molecule has 1 aromatic carbocycles. The molecule has 1 aromatic heterocycles. The molecule has 1 N–H and O–H groups in total. The Labute approximate surface area is 134 Å². The van der Waals surface area contributed by atoms with Crippen molar-refractivity contribution in [3.05, 3.63) is 41.1 Å². The van der Waals surface area contributed by atoms with E-state index >= 15 is 0 Å². The number of carbonyl (C=O) groups is 2. The molecule has 1 heterocycles. The van der Waals surface area contributed by atoms with Gasteiger partial charge in [-0.05, 0) is 42.5 Å². The fourth-order valence-corrected chi connectivity index (χ4v) is 3.15. The molecule has 0 radical (unpaired) electrons. The van der Waals surface area contributed by atoms with Crippen molar-refractivity contribution in [2.75, 3.05) is 13.7 Å². The molecule has 0 spiro atoms. The lowest BCUT2D eigenvalue weighted by Gasteiger charge is -2.20. The zero-order valence-corrected chi connectivity index (χ0v) is 13.3. The molecule has 3 rings (SSSR count). The minimum atomic E-state index is -0.441. The predicted molar refractivity (Wildman–Crippen MR) is 86.8 cm³/mol. The normalized spacial score (nSPS) is 15.4. The van der Waals surface area contributed by atoms with Crippen LogP contribution in [-0.2, 0) is 25.5 Å². The fourth-order valence-electron chi connectivity index (χ4n) is 3.15. The van der Waals surface area contributed by atoms with Crippen LogP contribution in [0.25, 0.3) is 16.5 Å². The van der Waals surface area contributed by atoms with Gasteiger partial charge in [0.15, 0.2) is 0 Å². The van der Waals surface area contributed by atoms with Gasteiger partial charge in [0.05, 0.1) is 25.7 Å². The van der Waals surface area contributed by atoms with E-state index in [0.29, 0.717) is 12.0 Å². The van der Waals surface area contributed by atoms with Crippen molar-refractivity contribution in [1.82, 2.24) is 4.98 Å². The van der Waals surface area contributed by atoms with Gasteiger partial charge in [0, 0.05) is 17.1 Å². The van der Waals surface area contributed by atoms with E-state index in [1.807, 2.05) is 24.4 Å². The quantitative estimate of drug-likeness (QED) is 0.696. The Bertz CT molecular complexity index is 800. The first-order chi connectivity index (χ1) is 11.2. The Kier molecular flexibility index (Phi) is 4.19. The standard InChI is InChI=1S/C18H19NO4/c1-3-23-18(21)14(9-16(20)22-2)12-8-7-11-10-19-15-6-4-5-13(12)17(11)15/h4-6,10,19H,3,7-9H2,1-2H3/b14-12-. The van der Waals surface area contributed by atoms with E-state index in [0.717, 1.165) is 28.5 Å². The van der Waals surface area contributed by atoms with Crippen molar-refractivity contribution in [2.45, 2.75) is 26.2 Å². The second-order valence-corrected chi connectivity index (χ2v) is 5.47. The number of esters is 2. The molecule has 1 aliphatic rings. The largest absolute Gasteiger partial charge is 0.469 e. The number of H-pyrrole nitrogens is 1. The number of aromatic amines is 1. The minimum Gasteiger partial charge on any atom is -0.469 e. The molecule has 0 fully saturated rings. The summed E-state index contributed by atoms with van der Waals surface area (Å²) in [6.07, 6.45) is 3.47. The molecule has 0 bridgehead atoms. The molecule has 0 aliphatic heterocycles. The number of methoxy groups -OCH3 is 1. The molecular formula is C18H19NO4. The molecule has 23 heavy (non-hydrogen) atoms. The summed E-state index contributed by atoms with van der Waals surface area (Å²) in [4.78, 5) is 27.4. The topological polar surface area (TPSA) is 68.4 Å². The van der Waals surface area contributed by atoms with Gasteiger partial charge in [-0.3, -0.25) is 4.79 Å². The summed E-state index contributed by atoms with van der Waals surface area (Å²) < 4.78 is 9.90. The van der Waals surface area contributed by atoms with Gasteiger partial charge in [0.25, 0.3) is 0 Å². The zero-order chi connectivity index (χ0) is 16.4. The second kappa shape index (κ2) is 6.28. The number of nitrogens with one attached hydrogen (secondary N) is 1. The minimum absolute atomic E-state index is 0.0686. The van der Waals surface area contributed by atoms with Crippen LogP contribution in [0.5, 0.6) is 0 Å². The van der Waals surface area contributed by atoms with Crippen LogP contribution < -0.4 is 0 Å². The zero-order valence-electron chi connectivity index (χ0n) is 13.3. The molecule has 0 saturated heterocycles. The molecule has 1 aliphatic carbocycles. The number of aromatic nitrogens is 1. The van der Waals surface area contributed by atoms with Gasteiger partial charge in [-0.2, -0.15) is 0 Å². The van der Waals surface area contributed by atoms with Gasteiger partial charge in [-0.25, -0.2) is 4.79 Å². The molecule has 5 nitrogen and oxygen atoms in total. The number of benzene rings is 1. The highest BCUT2D eigenvalue weighted by atomic mass is 16.5. The first-order valence-corrected chi connectivity index (χ1v) is 7.71. The molecule has 0 unspecified atom stereocenters. The van der Waals surface area contributed by atoms with E-state index in [9.17, 15) is 9.59 Å². The van der Waals surface area contributed by atoms with Gasteiger partial charge >= 0.3 is 11.9 Å². The van der Waals surface area contributed by atoms with E-state index in [1.54, 1.807) is 6.92 Å². The summed E-state index contributed by atoms with van der Waals surface area (Å²) >= 11 is 0. The summed E-state index contributed by atoms with van der Waals surface area (Å²) in [5, 5.41) is 1.13. The predicted octanol–water partition coefficient (Wildman–Crippen LogP) is 2.99. The van der Waals surface area contributed by atoms with Gasteiger partial charge in [0.1, 0.15) is 0 Å². The van der Waals surface area contributed by atoms with Crippen molar-refractivity contribution in [2.24, 2.45) is 0 Å². The van der Waals surface area contributed by atoms with E-state index in [4.69, 9.17) is 9.47 Å². The number of hydrogen-bond donors (Lipinski definition) is 1. The monoisotopic (exact) mass is 313 g/mol. The number of aryl methyl sites for hydroxylation is 1. The molecule has 0 saturated carbocycles. The number of carbonyl (C=O) groups excluding carboxylic acids is 2. The van der Waals surface area contributed by atoms with Crippen molar-refractivity contribution in [1.29, 1.82) is 0 Å². The summed E-state index contributed by atoms with van der Waals surface area (Å²) in [7, 11) is 1.32. The first-order valence-electron chi connectivity index (χ1n) is 7.71. The highest BCUT2D eigenvalue weighted by Gasteiger charge is 2.26. The van der Waals surface area contributed by atoms with Crippen molar-refractivity contribution in [3.63, 3.8) is 0 Å². The van der Waals surface area contributed by atoms with Gasteiger partial charge in [-0.1, -0.05) is 12.1 Å². The summed E-state index contributed by atoms with van der Waals surface area (Å²) in [6.45, 7) is 2.03. The Hall–Kier alpha value is -2.56. The number of allylic oxidation sites excluding steroid dienone is 1. The van der Waals surface area contributed by atoms with Crippen molar-refractivity contribution in [3.8, 4) is 0 Å². The SMILES string of the molecule is CCOC(=O)/C(CC(=O)OC)=C1/CCc2c[nH]c3cccc1c23. The second-order valence-electron chi connectivity index (χ2n) is 5.47. The summed E-state index contributed by atoms with van der Waals surface area (Å²) in [6, 6.07) is 5.95. The van der Waals surface area contributed by atoms with Crippen LogP contribution in [0.1, 0.15) is 30.9 Å². The summed E-state index contributed by atoms with van der Waals surface area (Å²) in [5.41, 5.74) is 4.55. The summed E-state index contributed by atoms with van der Waals surface area (Å²) in [5.74, 6) is -0.878. The highest BCUT2D eigenvalue weighted by molar-refractivity contribution is 6.06. The molecule has 2 aromatic rings. The van der Waals surface area contributed by atoms with Crippen LogP contribution in [0, 0.1) is 0 Å². The number of hydrogen-bond acceptors (Lipinski definition) is 4. The van der Waals surface area contributed by atoms with E-state index < -0.39 is 11.9 Å². The first kappa shape index (κ1) is 15.3. The van der Waals surface area contributed by atoms with Gasteiger partial charge in [-0.15, -0.1) is 0 Å². The fraction of sp³-hybridized carbons (Fsp3) is 0.333. The van der Waals surface area contributed by atoms with Gasteiger partial charge < -0.3 is 14.5 Å². The van der Waals surface area contributed by atoms with Crippen LogP contribution >= 0.6 is 0 Å². The third-order valence-corrected chi connectivity index (χ3v) is 4.19. The van der Waals surface area contributed by atoms with Crippen LogP contribution in [0.15, 0.2) is 30.0 Å². The van der Waals surface area contributed by atoms with Crippen LogP contribution in [0.4, 0.5) is 0 Å². The van der Waals surface area contributed by atoms with E-state index in [2.05, 4.69) is 4.98 Å². The smallest absolute Gasteiger partial charge is 0.334 e. The van der Waals surface area contributed by atoms with Crippen molar-refractivity contribution >= 4 is 28.4 Å². The van der Waals surface area contributed by atoms with Crippen LogP contribution in [0.3, 0.4) is 0 Å². The molecular weight excluding hydrogens is 294 g/mol. The Morgan fingerprint density at radius 2 is 2.09 bits per heavy atom.